The third kappa shape index (κ3) is 13.2. The highest BCUT2D eigenvalue weighted by atomic mass is 16.8. The molecular weight excluding hydrogens is 394 g/mol. The Kier molecular flexibility index (Phi) is 13.8. The first-order valence-corrected chi connectivity index (χ1v) is 11.4. The molecule has 0 aromatic carbocycles. The molecule has 1 aliphatic heterocycles. The van der Waals surface area contributed by atoms with Crippen LogP contribution in [0.2, 0.25) is 0 Å². The van der Waals surface area contributed by atoms with Gasteiger partial charge in [0.1, 0.15) is 0 Å². The molecule has 1 amide bonds. The predicted molar refractivity (Wildman–Crippen MR) is 123 cm³/mol. The van der Waals surface area contributed by atoms with E-state index in [0.717, 1.165) is 44.9 Å². The largest absolute Gasteiger partial charge is 0.469 e. The lowest BCUT2D eigenvalue weighted by molar-refractivity contribution is -0.276. The summed E-state index contributed by atoms with van der Waals surface area (Å²) in [4.78, 5) is 29.8. The van der Waals surface area contributed by atoms with Gasteiger partial charge in [-0.15, -0.1) is 0 Å². The summed E-state index contributed by atoms with van der Waals surface area (Å²) in [6.45, 7) is 9.48. The number of rotatable bonds is 13. The fraction of sp³-hybridized carbons (Fsp3) is 0.680. The fourth-order valence-corrected chi connectivity index (χ4v) is 3.15. The highest BCUT2D eigenvalue weighted by Gasteiger charge is 2.22. The number of methoxy groups -OCH3 is 1. The number of carbonyl (C=O) groups is 2. The molecule has 1 unspecified atom stereocenters. The average Bonchev–Trinajstić information content (AvgIpc) is 2.75. The van der Waals surface area contributed by atoms with Crippen LogP contribution in [0.15, 0.2) is 34.9 Å². The van der Waals surface area contributed by atoms with Gasteiger partial charge in [0.2, 0.25) is 5.91 Å². The minimum atomic E-state index is -0.407. The van der Waals surface area contributed by atoms with Gasteiger partial charge in [0.15, 0.2) is 6.29 Å². The smallest absolute Gasteiger partial charge is 0.306 e. The molecule has 176 valence electrons. The van der Waals surface area contributed by atoms with Crippen LogP contribution in [0.5, 0.6) is 0 Å². The summed E-state index contributed by atoms with van der Waals surface area (Å²) in [7, 11) is 1.32. The van der Waals surface area contributed by atoms with E-state index < -0.39 is 12.3 Å². The van der Waals surface area contributed by atoms with Crippen LogP contribution in [-0.4, -0.2) is 43.5 Å². The van der Waals surface area contributed by atoms with Crippen molar-refractivity contribution in [1.29, 1.82) is 0 Å². The zero-order valence-electron chi connectivity index (χ0n) is 20.1. The van der Waals surface area contributed by atoms with E-state index in [1.165, 1.54) is 28.9 Å². The second-order valence-corrected chi connectivity index (χ2v) is 8.39. The molecule has 31 heavy (non-hydrogen) atoms. The van der Waals surface area contributed by atoms with Crippen LogP contribution in [-0.2, 0) is 23.9 Å². The summed E-state index contributed by atoms with van der Waals surface area (Å²) >= 11 is 0. The van der Waals surface area contributed by atoms with Crippen LogP contribution in [0.1, 0.15) is 85.5 Å². The van der Waals surface area contributed by atoms with Gasteiger partial charge < -0.3 is 9.47 Å². The van der Waals surface area contributed by atoms with E-state index in [1.807, 2.05) is 6.08 Å². The van der Waals surface area contributed by atoms with Crippen LogP contribution >= 0.6 is 0 Å². The summed E-state index contributed by atoms with van der Waals surface area (Å²) in [6.07, 6.45) is 13.2. The summed E-state index contributed by atoms with van der Waals surface area (Å²) < 4.78 is 10.2. The highest BCUT2D eigenvalue weighted by Crippen LogP contribution is 2.17. The van der Waals surface area contributed by atoms with Crippen LogP contribution < -0.4 is 0 Å². The quantitative estimate of drug-likeness (QED) is 0.213. The van der Waals surface area contributed by atoms with Crippen molar-refractivity contribution >= 4 is 11.9 Å². The van der Waals surface area contributed by atoms with Crippen molar-refractivity contribution in [2.75, 3.05) is 20.3 Å². The maximum Gasteiger partial charge on any atom is 0.306 e. The van der Waals surface area contributed by atoms with Gasteiger partial charge in [-0.1, -0.05) is 34.9 Å². The van der Waals surface area contributed by atoms with Crippen molar-refractivity contribution in [2.24, 2.45) is 0 Å². The Hall–Kier alpha value is -1.92. The Bertz CT molecular complexity index is 640. The SMILES string of the molecule is COC(=O)CCC(=O)N(C/C=C(\C)CC/C=C(\C)CCC=C(C)C)OC1CCCCO1. The monoisotopic (exact) mass is 435 g/mol. The van der Waals surface area contributed by atoms with Crippen molar-refractivity contribution in [3.8, 4) is 0 Å². The molecule has 0 aliphatic carbocycles. The number of amides is 1. The van der Waals surface area contributed by atoms with Gasteiger partial charge in [-0.05, 0) is 66.2 Å². The molecule has 0 N–H and O–H groups in total. The Morgan fingerprint density at radius 1 is 0.935 bits per heavy atom. The Morgan fingerprint density at radius 2 is 1.61 bits per heavy atom. The second-order valence-electron chi connectivity index (χ2n) is 8.39. The van der Waals surface area contributed by atoms with Gasteiger partial charge in [-0.2, -0.15) is 0 Å². The fourth-order valence-electron chi connectivity index (χ4n) is 3.15. The van der Waals surface area contributed by atoms with Gasteiger partial charge in [-0.25, -0.2) is 9.90 Å². The first-order chi connectivity index (χ1) is 14.8. The van der Waals surface area contributed by atoms with Crippen LogP contribution in [0.25, 0.3) is 0 Å². The lowest BCUT2D eigenvalue weighted by atomic mass is 10.1. The number of hydrogen-bond donors (Lipinski definition) is 0. The molecule has 1 rings (SSSR count). The van der Waals surface area contributed by atoms with E-state index in [9.17, 15) is 9.59 Å². The standard InChI is InChI=1S/C25H41NO5/c1-20(2)10-8-11-21(3)12-9-13-22(4)17-18-26(23(27)15-16-24(28)29-5)31-25-14-6-7-19-30-25/h10,12,17,25H,6-9,11,13-16,18-19H2,1-5H3/b21-12+,22-17+. The maximum absolute atomic E-state index is 12.6. The van der Waals surface area contributed by atoms with Crippen molar-refractivity contribution in [2.45, 2.75) is 91.8 Å². The molecule has 6 heteroatoms. The molecule has 0 saturated carbocycles. The molecule has 1 heterocycles. The van der Waals surface area contributed by atoms with E-state index >= 15 is 0 Å². The number of hydrogen-bond acceptors (Lipinski definition) is 5. The van der Waals surface area contributed by atoms with Gasteiger partial charge in [0, 0.05) is 19.4 Å². The minimum Gasteiger partial charge on any atom is -0.469 e. The zero-order chi connectivity index (χ0) is 23.1. The number of carbonyl (C=O) groups excluding carboxylic acids is 2. The second kappa shape index (κ2) is 15.8. The first-order valence-electron chi connectivity index (χ1n) is 11.4. The number of nitrogens with zero attached hydrogens (tertiary/aromatic N) is 1. The van der Waals surface area contributed by atoms with E-state index in [0.29, 0.717) is 13.2 Å². The van der Waals surface area contributed by atoms with E-state index in [4.69, 9.17) is 9.57 Å². The molecule has 0 aromatic heterocycles. The van der Waals surface area contributed by atoms with Gasteiger partial charge in [0.25, 0.3) is 0 Å². The molecule has 0 spiro atoms. The van der Waals surface area contributed by atoms with Gasteiger partial charge in [-0.3, -0.25) is 9.59 Å². The predicted octanol–water partition coefficient (Wildman–Crippen LogP) is 5.65. The Morgan fingerprint density at radius 3 is 2.23 bits per heavy atom. The lowest BCUT2D eigenvalue weighted by Gasteiger charge is -2.29. The molecule has 0 aromatic rings. The van der Waals surface area contributed by atoms with E-state index in [2.05, 4.69) is 44.6 Å². The van der Waals surface area contributed by atoms with Crippen molar-refractivity contribution in [3.63, 3.8) is 0 Å². The Balaban J connectivity index is 2.56. The number of esters is 1. The molecule has 0 radical (unpaired) electrons. The normalized spacial score (nSPS) is 17.3. The summed E-state index contributed by atoms with van der Waals surface area (Å²) in [6, 6.07) is 0. The summed E-state index contributed by atoms with van der Waals surface area (Å²) in [5.74, 6) is -0.640. The van der Waals surface area contributed by atoms with Crippen LogP contribution in [0, 0.1) is 0 Å². The Labute approximate surface area is 188 Å². The maximum atomic E-state index is 12.6. The highest BCUT2D eigenvalue weighted by molar-refractivity contribution is 5.80. The minimum absolute atomic E-state index is 0.0419. The molecule has 1 atom stereocenters. The third-order valence-electron chi connectivity index (χ3n) is 5.16. The molecule has 6 nitrogen and oxygen atoms in total. The van der Waals surface area contributed by atoms with Gasteiger partial charge >= 0.3 is 5.97 Å². The molecule has 1 aliphatic rings. The summed E-state index contributed by atoms with van der Waals surface area (Å²) in [5.41, 5.74) is 3.97. The zero-order valence-corrected chi connectivity index (χ0v) is 20.1. The number of allylic oxidation sites excluding steroid dienone is 5. The number of hydroxylamine groups is 2. The molecule has 1 saturated heterocycles. The topological polar surface area (TPSA) is 65.1 Å². The molecule has 1 fully saturated rings. The molecule has 0 bridgehead atoms. The summed E-state index contributed by atoms with van der Waals surface area (Å²) in [5, 5.41) is 1.34. The van der Waals surface area contributed by atoms with Crippen molar-refractivity contribution in [3.05, 3.63) is 34.9 Å². The van der Waals surface area contributed by atoms with Crippen molar-refractivity contribution < 1.29 is 23.9 Å². The number of ether oxygens (including phenoxy) is 2. The van der Waals surface area contributed by atoms with E-state index in [1.54, 1.807) is 0 Å². The third-order valence-corrected chi connectivity index (χ3v) is 5.16. The van der Waals surface area contributed by atoms with Crippen LogP contribution in [0.3, 0.4) is 0 Å². The van der Waals surface area contributed by atoms with E-state index in [-0.39, 0.29) is 18.7 Å². The van der Waals surface area contributed by atoms with Gasteiger partial charge in [0.05, 0.1) is 20.1 Å². The first kappa shape index (κ1) is 27.1. The van der Waals surface area contributed by atoms with Crippen molar-refractivity contribution in [1.82, 2.24) is 5.06 Å². The average molecular weight is 436 g/mol. The van der Waals surface area contributed by atoms with Crippen LogP contribution in [0.4, 0.5) is 0 Å². The lowest BCUT2D eigenvalue weighted by Crippen LogP contribution is -2.38. The molecular formula is C25H41NO5.